The summed E-state index contributed by atoms with van der Waals surface area (Å²) >= 11 is 0. The average molecular weight is 286 g/mol. The second kappa shape index (κ2) is 5.20. The van der Waals surface area contributed by atoms with Crippen LogP contribution in [0.5, 0.6) is 0 Å². The van der Waals surface area contributed by atoms with Crippen molar-refractivity contribution < 1.29 is 23.1 Å². The highest BCUT2D eigenvalue weighted by Gasteiger charge is 2.45. The van der Waals surface area contributed by atoms with Crippen molar-refractivity contribution >= 4 is 5.78 Å². The third-order valence-corrected chi connectivity index (χ3v) is 4.22. The summed E-state index contributed by atoms with van der Waals surface area (Å²) in [7, 11) is 0. The summed E-state index contributed by atoms with van der Waals surface area (Å²) < 4.78 is 37.7. The van der Waals surface area contributed by atoms with E-state index in [9.17, 15) is 23.1 Å². The lowest BCUT2D eigenvalue weighted by molar-refractivity contribution is -0.137. The maximum absolute atomic E-state index is 12.6. The Morgan fingerprint density at radius 3 is 2.30 bits per heavy atom. The predicted molar refractivity (Wildman–Crippen MR) is 68.3 cm³/mol. The zero-order chi connectivity index (χ0) is 15.0. The first-order valence-corrected chi connectivity index (χ1v) is 6.65. The summed E-state index contributed by atoms with van der Waals surface area (Å²) in [6.07, 6.45) is -2.62. The van der Waals surface area contributed by atoms with E-state index in [1.54, 1.807) is 0 Å². The van der Waals surface area contributed by atoms with Gasteiger partial charge >= 0.3 is 6.18 Å². The number of aliphatic hydroxyl groups is 1. The lowest BCUT2D eigenvalue weighted by Gasteiger charge is -2.40. The first-order chi connectivity index (χ1) is 9.28. The maximum atomic E-state index is 12.6. The Morgan fingerprint density at radius 2 is 1.85 bits per heavy atom. The van der Waals surface area contributed by atoms with Crippen molar-refractivity contribution in [3.05, 3.63) is 35.4 Å². The minimum absolute atomic E-state index is 0.190. The van der Waals surface area contributed by atoms with E-state index in [0.29, 0.717) is 18.4 Å². The van der Waals surface area contributed by atoms with Gasteiger partial charge in [-0.1, -0.05) is 25.0 Å². The number of carbonyl (C=O) groups is 1. The van der Waals surface area contributed by atoms with Gasteiger partial charge in [0.15, 0.2) is 0 Å². The molecule has 0 bridgehead atoms. The summed E-state index contributed by atoms with van der Waals surface area (Å²) in [6.45, 7) is 1.40. The molecule has 2 atom stereocenters. The van der Waals surface area contributed by atoms with E-state index in [-0.39, 0.29) is 5.78 Å². The van der Waals surface area contributed by atoms with E-state index in [0.717, 1.165) is 25.0 Å². The van der Waals surface area contributed by atoms with Gasteiger partial charge in [-0.2, -0.15) is 13.2 Å². The molecule has 5 heteroatoms. The minimum atomic E-state index is -4.40. The highest BCUT2D eigenvalue weighted by atomic mass is 19.4. The number of rotatable bonds is 2. The summed E-state index contributed by atoms with van der Waals surface area (Å²) in [4.78, 5) is 12.0. The summed E-state index contributed by atoms with van der Waals surface area (Å²) in [6, 6.07) is 4.58. The van der Waals surface area contributed by atoms with Gasteiger partial charge in [-0.25, -0.2) is 0 Å². The van der Waals surface area contributed by atoms with Gasteiger partial charge in [0.05, 0.1) is 17.1 Å². The van der Waals surface area contributed by atoms with Gasteiger partial charge in [0.2, 0.25) is 0 Å². The van der Waals surface area contributed by atoms with Gasteiger partial charge in [0.25, 0.3) is 0 Å². The number of Topliss-reactive ketones (excluding diaryl/α,β-unsaturated/α-hetero) is 1. The van der Waals surface area contributed by atoms with Gasteiger partial charge in [-0.05, 0) is 37.5 Å². The molecule has 0 radical (unpaired) electrons. The van der Waals surface area contributed by atoms with Gasteiger partial charge in [-0.3, -0.25) is 4.79 Å². The van der Waals surface area contributed by atoms with Crippen LogP contribution in [0.25, 0.3) is 0 Å². The van der Waals surface area contributed by atoms with E-state index < -0.39 is 23.3 Å². The van der Waals surface area contributed by atoms with Crippen molar-refractivity contribution in [3.63, 3.8) is 0 Å². The zero-order valence-corrected chi connectivity index (χ0v) is 11.2. The fraction of sp³-hybridized carbons (Fsp3) is 0.533. The van der Waals surface area contributed by atoms with Gasteiger partial charge < -0.3 is 5.11 Å². The van der Waals surface area contributed by atoms with Crippen LogP contribution in [0, 0.1) is 0 Å². The summed E-state index contributed by atoms with van der Waals surface area (Å²) in [5, 5.41) is 10.2. The topological polar surface area (TPSA) is 37.3 Å². The van der Waals surface area contributed by atoms with E-state index in [2.05, 4.69) is 0 Å². The summed E-state index contributed by atoms with van der Waals surface area (Å²) in [5.74, 6) is -0.190. The molecule has 0 aromatic heterocycles. The van der Waals surface area contributed by atoms with Crippen LogP contribution < -0.4 is 0 Å². The minimum Gasteiger partial charge on any atom is -0.392 e. The molecule has 0 aliphatic heterocycles. The molecule has 1 fully saturated rings. The van der Waals surface area contributed by atoms with E-state index in [1.807, 2.05) is 0 Å². The Hall–Kier alpha value is -1.36. The fourth-order valence-electron chi connectivity index (χ4n) is 3.06. The van der Waals surface area contributed by atoms with Crippen LogP contribution in [0.2, 0.25) is 0 Å². The average Bonchev–Trinajstić information content (AvgIpc) is 2.38. The van der Waals surface area contributed by atoms with Crippen LogP contribution in [0.1, 0.15) is 43.7 Å². The van der Waals surface area contributed by atoms with Crippen LogP contribution >= 0.6 is 0 Å². The second-order valence-corrected chi connectivity index (χ2v) is 5.36. The third-order valence-electron chi connectivity index (χ3n) is 4.22. The molecule has 1 saturated carbocycles. The fourth-order valence-corrected chi connectivity index (χ4v) is 3.06. The molecule has 0 spiro atoms. The molecule has 2 rings (SSSR count). The molecule has 110 valence electrons. The van der Waals surface area contributed by atoms with Crippen molar-refractivity contribution in [2.24, 2.45) is 0 Å². The molecule has 1 N–H and O–H groups in total. The highest BCUT2D eigenvalue weighted by Crippen LogP contribution is 2.41. The monoisotopic (exact) mass is 286 g/mol. The quantitative estimate of drug-likeness (QED) is 0.904. The second-order valence-electron chi connectivity index (χ2n) is 5.36. The number of ketones is 1. The first kappa shape index (κ1) is 15.0. The molecule has 0 amide bonds. The number of hydrogen-bond acceptors (Lipinski definition) is 2. The van der Waals surface area contributed by atoms with Crippen LogP contribution in [0.15, 0.2) is 24.3 Å². The molecule has 0 saturated heterocycles. The number of aliphatic hydroxyl groups excluding tert-OH is 1. The third kappa shape index (κ3) is 2.46. The Kier molecular flexibility index (Phi) is 3.91. The lowest BCUT2D eigenvalue weighted by Crippen LogP contribution is -2.47. The lowest BCUT2D eigenvalue weighted by atomic mass is 9.65. The molecule has 1 aromatic carbocycles. The SMILES string of the molecule is CC(=O)[C@]1(c2ccc(C(F)(F)F)cc2)CCCC[C@@H]1O. The van der Waals surface area contributed by atoms with Gasteiger partial charge in [-0.15, -0.1) is 0 Å². The van der Waals surface area contributed by atoms with Crippen molar-refractivity contribution in [2.45, 2.75) is 50.3 Å². The zero-order valence-electron chi connectivity index (χ0n) is 11.2. The summed E-state index contributed by atoms with van der Waals surface area (Å²) in [5.41, 5.74) is -1.32. The first-order valence-electron chi connectivity index (χ1n) is 6.65. The van der Waals surface area contributed by atoms with Gasteiger partial charge in [0.1, 0.15) is 5.78 Å². The predicted octanol–water partition coefficient (Wildman–Crippen LogP) is 3.47. The normalized spacial score (nSPS) is 27.4. The van der Waals surface area contributed by atoms with Gasteiger partial charge in [0, 0.05) is 0 Å². The molecule has 2 nitrogen and oxygen atoms in total. The number of hydrogen-bond donors (Lipinski definition) is 1. The Labute approximate surface area is 115 Å². The molecule has 0 unspecified atom stereocenters. The van der Waals surface area contributed by atoms with E-state index in [4.69, 9.17) is 0 Å². The molecule has 1 aromatic rings. The number of benzene rings is 1. The Bertz CT molecular complexity index is 493. The van der Waals surface area contributed by atoms with Crippen LogP contribution in [0.3, 0.4) is 0 Å². The van der Waals surface area contributed by atoms with E-state index in [1.165, 1.54) is 19.1 Å². The smallest absolute Gasteiger partial charge is 0.392 e. The van der Waals surface area contributed by atoms with Crippen LogP contribution in [-0.2, 0) is 16.4 Å². The van der Waals surface area contributed by atoms with Crippen molar-refractivity contribution in [2.75, 3.05) is 0 Å². The molecular formula is C15H17F3O2. The molecule has 1 aliphatic rings. The molecule has 1 aliphatic carbocycles. The maximum Gasteiger partial charge on any atom is 0.416 e. The molecule has 0 heterocycles. The number of halogens is 3. The molecule has 20 heavy (non-hydrogen) atoms. The largest absolute Gasteiger partial charge is 0.416 e. The highest BCUT2D eigenvalue weighted by molar-refractivity contribution is 5.89. The van der Waals surface area contributed by atoms with Crippen molar-refractivity contribution in [1.82, 2.24) is 0 Å². The van der Waals surface area contributed by atoms with Crippen molar-refractivity contribution in [1.29, 1.82) is 0 Å². The standard InChI is InChI=1S/C15H17F3O2/c1-10(19)14(9-3-2-4-13(14)20)11-5-7-12(8-6-11)15(16,17)18/h5-8,13,20H,2-4,9H2,1H3/t13-,14-/m0/s1. The van der Waals surface area contributed by atoms with Crippen molar-refractivity contribution in [3.8, 4) is 0 Å². The van der Waals surface area contributed by atoms with Crippen LogP contribution in [0.4, 0.5) is 13.2 Å². The number of carbonyl (C=O) groups excluding carboxylic acids is 1. The van der Waals surface area contributed by atoms with Crippen LogP contribution in [-0.4, -0.2) is 17.0 Å². The van der Waals surface area contributed by atoms with E-state index >= 15 is 0 Å². The number of alkyl halides is 3. The molecular weight excluding hydrogens is 269 g/mol. The Morgan fingerprint density at radius 1 is 1.25 bits per heavy atom. The Balaban J connectivity index is 2.43.